The molecule has 0 bridgehead atoms. The van der Waals surface area contributed by atoms with Crippen molar-refractivity contribution in [1.82, 2.24) is 10.7 Å². The van der Waals surface area contributed by atoms with Crippen molar-refractivity contribution >= 4 is 18.0 Å². The van der Waals surface area contributed by atoms with Gasteiger partial charge in [-0.3, -0.25) is 9.59 Å². The molecule has 0 spiro atoms. The van der Waals surface area contributed by atoms with Gasteiger partial charge in [-0.2, -0.15) is 5.10 Å². The Kier molecular flexibility index (Phi) is 12.2. The number of unbranched alkanes of at least 4 members (excludes halogenated alkanes) is 10. The second-order valence-electron chi connectivity index (χ2n) is 7.97. The van der Waals surface area contributed by atoms with Crippen LogP contribution in [-0.4, -0.2) is 31.4 Å². The van der Waals surface area contributed by atoms with Crippen molar-refractivity contribution in [3.8, 4) is 11.5 Å². The molecule has 0 aliphatic carbocycles. The molecule has 2 amide bonds. The maximum Gasteiger partial charge on any atom is 0.259 e. The average Bonchev–Trinajstić information content (AvgIpc) is 3.24. The molecule has 1 aromatic carbocycles. The Labute approximate surface area is 186 Å². The van der Waals surface area contributed by atoms with E-state index in [4.69, 9.17) is 9.47 Å². The minimum absolute atomic E-state index is 0.0741. The molecule has 0 radical (unpaired) electrons. The first-order valence-corrected chi connectivity index (χ1v) is 11.7. The van der Waals surface area contributed by atoms with E-state index in [0.29, 0.717) is 17.9 Å². The van der Waals surface area contributed by atoms with E-state index in [2.05, 4.69) is 22.8 Å². The van der Waals surface area contributed by atoms with Crippen LogP contribution in [-0.2, 0) is 9.59 Å². The highest BCUT2D eigenvalue weighted by molar-refractivity contribution is 5.86. The molecule has 7 nitrogen and oxygen atoms in total. The first-order chi connectivity index (χ1) is 15.2. The van der Waals surface area contributed by atoms with Gasteiger partial charge in [-0.25, -0.2) is 5.43 Å². The van der Waals surface area contributed by atoms with Crippen LogP contribution in [0.3, 0.4) is 0 Å². The minimum Gasteiger partial charge on any atom is -0.454 e. The third kappa shape index (κ3) is 10.9. The Morgan fingerprint density at radius 2 is 1.55 bits per heavy atom. The van der Waals surface area contributed by atoms with Crippen molar-refractivity contribution in [1.29, 1.82) is 0 Å². The van der Waals surface area contributed by atoms with Gasteiger partial charge in [0.15, 0.2) is 11.5 Å². The number of amides is 2. The zero-order chi connectivity index (χ0) is 22.2. The third-order valence-corrected chi connectivity index (χ3v) is 5.25. The molecule has 0 saturated carbocycles. The Morgan fingerprint density at radius 3 is 2.26 bits per heavy atom. The Hall–Kier alpha value is -2.57. The fourth-order valence-corrected chi connectivity index (χ4v) is 3.43. The summed E-state index contributed by atoms with van der Waals surface area (Å²) in [4.78, 5) is 23.7. The largest absolute Gasteiger partial charge is 0.454 e. The van der Waals surface area contributed by atoms with E-state index in [-0.39, 0.29) is 25.2 Å². The van der Waals surface area contributed by atoms with Crippen LogP contribution in [0.25, 0.3) is 0 Å². The third-order valence-electron chi connectivity index (χ3n) is 5.25. The Balaban J connectivity index is 1.44. The molecule has 0 unspecified atom stereocenters. The number of hydrazone groups is 1. The first kappa shape index (κ1) is 24.7. The van der Waals surface area contributed by atoms with E-state index < -0.39 is 0 Å². The van der Waals surface area contributed by atoms with Crippen LogP contribution in [0.15, 0.2) is 23.3 Å². The average molecular weight is 432 g/mol. The second kappa shape index (κ2) is 15.3. The van der Waals surface area contributed by atoms with Crippen molar-refractivity contribution in [3.05, 3.63) is 23.8 Å². The summed E-state index contributed by atoms with van der Waals surface area (Å²) in [6.07, 6.45) is 15.7. The predicted octanol–water partition coefficient (Wildman–Crippen LogP) is 4.68. The van der Waals surface area contributed by atoms with Gasteiger partial charge in [-0.1, -0.05) is 71.1 Å². The summed E-state index contributed by atoms with van der Waals surface area (Å²) < 4.78 is 10.5. The lowest BCUT2D eigenvalue weighted by molar-refractivity contribution is -0.126. The lowest BCUT2D eigenvalue weighted by Crippen LogP contribution is -2.34. The van der Waals surface area contributed by atoms with Crippen LogP contribution in [0.2, 0.25) is 0 Å². The minimum atomic E-state index is -0.357. The van der Waals surface area contributed by atoms with Crippen molar-refractivity contribution in [2.24, 2.45) is 5.10 Å². The summed E-state index contributed by atoms with van der Waals surface area (Å²) >= 11 is 0. The summed E-state index contributed by atoms with van der Waals surface area (Å²) in [7, 11) is 0. The number of hydrogen-bond donors (Lipinski definition) is 2. The van der Waals surface area contributed by atoms with E-state index in [1.54, 1.807) is 12.1 Å². The van der Waals surface area contributed by atoms with Gasteiger partial charge in [0.05, 0.1) is 12.8 Å². The zero-order valence-corrected chi connectivity index (χ0v) is 18.8. The highest BCUT2D eigenvalue weighted by atomic mass is 16.7. The van der Waals surface area contributed by atoms with Gasteiger partial charge in [0.2, 0.25) is 12.7 Å². The molecule has 1 heterocycles. The van der Waals surface area contributed by atoms with E-state index >= 15 is 0 Å². The number of nitrogens with one attached hydrogen (secondary N) is 2. The molecule has 0 atom stereocenters. The quantitative estimate of drug-likeness (QED) is 0.226. The fraction of sp³-hybridized carbons (Fsp3) is 0.625. The van der Waals surface area contributed by atoms with E-state index in [9.17, 15) is 9.59 Å². The van der Waals surface area contributed by atoms with Crippen molar-refractivity contribution in [3.63, 3.8) is 0 Å². The summed E-state index contributed by atoms with van der Waals surface area (Å²) in [5.41, 5.74) is 3.19. The fourth-order valence-electron chi connectivity index (χ4n) is 3.43. The summed E-state index contributed by atoms with van der Waals surface area (Å²) in [5.74, 6) is 0.904. The van der Waals surface area contributed by atoms with E-state index in [1.165, 1.54) is 64.0 Å². The summed E-state index contributed by atoms with van der Waals surface area (Å²) in [6.45, 7) is 2.38. The van der Waals surface area contributed by atoms with Gasteiger partial charge in [-0.15, -0.1) is 0 Å². The monoisotopic (exact) mass is 431 g/mol. The Bertz CT molecular complexity index is 706. The molecule has 7 heteroatoms. The molecule has 0 fully saturated rings. The first-order valence-electron chi connectivity index (χ1n) is 11.7. The number of carbonyl (C=O) groups is 2. The van der Waals surface area contributed by atoms with Crippen LogP contribution in [0, 0.1) is 0 Å². The normalized spacial score (nSPS) is 12.3. The number of nitrogens with zero attached hydrogens (tertiary/aromatic N) is 1. The maximum absolute atomic E-state index is 11.9. The van der Waals surface area contributed by atoms with Gasteiger partial charge in [-0.05, 0) is 30.2 Å². The molecule has 172 valence electrons. The smallest absolute Gasteiger partial charge is 0.259 e. The highest BCUT2D eigenvalue weighted by Crippen LogP contribution is 2.31. The maximum atomic E-state index is 11.9. The lowest BCUT2D eigenvalue weighted by atomic mass is 10.1. The molecule has 1 aromatic rings. The summed E-state index contributed by atoms with van der Waals surface area (Å²) in [5, 5.41) is 6.54. The Morgan fingerprint density at radius 1 is 0.903 bits per heavy atom. The molecular weight excluding hydrogens is 394 g/mol. The number of ether oxygens (including phenoxy) is 2. The van der Waals surface area contributed by atoms with Crippen LogP contribution in [0.4, 0.5) is 0 Å². The molecule has 31 heavy (non-hydrogen) atoms. The van der Waals surface area contributed by atoms with E-state index in [1.807, 2.05) is 6.07 Å². The lowest BCUT2D eigenvalue weighted by Gasteiger charge is -2.05. The number of fused-ring (bicyclic) bond motifs is 1. The molecule has 2 rings (SSSR count). The van der Waals surface area contributed by atoms with E-state index in [0.717, 1.165) is 18.4 Å². The van der Waals surface area contributed by atoms with Crippen LogP contribution >= 0.6 is 0 Å². The zero-order valence-electron chi connectivity index (χ0n) is 18.8. The second-order valence-corrected chi connectivity index (χ2v) is 7.97. The molecule has 1 aliphatic rings. The number of carbonyl (C=O) groups excluding carboxylic acids is 2. The molecule has 2 N–H and O–H groups in total. The van der Waals surface area contributed by atoms with Crippen molar-refractivity contribution in [2.45, 2.75) is 84.0 Å². The van der Waals surface area contributed by atoms with Crippen LogP contribution in [0.5, 0.6) is 11.5 Å². The number of hydrogen-bond acceptors (Lipinski definition) is 5. The predicted molar refractivity (Wildman–Crippen MR) is 122 cm³/mol. The van der Waals surface area contributed by atoms with Crippen LogP contribution < -0.4 is 20.2 Å². The van der Waals surface area contributed by atoms with Crippen molar-refractivity contribution < 1.29 is 19.1 Å². The van der Waals surface area contributed by atoms with Crippen molar-refractivity contribution in [2.75, 3.05) is 13.3 Å². The van der Waals surface area contributed by atoms with Gasteiger partial charge in [0, 0.05) is 6.42 Å². The van der Waals surface area contributed by atoms with Gasteiger partial charge < -0.3 is 14.8 Å². The van der Waals surface area contributed by atoms with Gasteiger partial charge in [0.25, 0.3) is 5.91 Å². The van der Waals surface area contributed by atoms with Gasteiger partial charge >= 0.3 is 0 Å². The van der Waals surface area contributed by atoms with Crippen LogP contribution in [0.1, 0.15) is 89.5 Å². The summed E-state index contributed by atoms with van der Waals surface area (Å²) in [6, 6.07) is 5.40. The standard InChI is InChI=1S/C24H37N3O4/c1-2-3-4-5-6-7-8-9-10-11-12-13-23(28)25-18-24(29)27-26-17-20-14-15-21-22(16-20)31-19-30-21/h14-17H,2-13,18-19H2,1H3,(H,25,28)(H,27,29). The molecule has 1 aliphatic heterocycles. The highest BCUT2D eigenvalue weighted by Gasteiger charge is 2.12. The molecule has 0 aromatic heterocycles. The topological polar surface area (TPSA) is 89.0 Å². The SMILES string of the molecule is CCCCCCCCCCCCCC(=O)NCC(=O)NN=Cc1ccc2c(c1)OCO2. The molecular formula is C24H37N3O4. The van der Waals surface area contributed by atoms with Gasteiger partial charge in [0.1, 0.15) is 0 Å². The number of rotatable bonds is 16. The molecule has 0 saturated heterocycles. The number of benzene rings is 1.